The van der Waals surface area contributed by atoms with E-state index in [1.807, 2.05) is 4.90 Å². The van der Waals surface area contributed by atoms with E-state index in [4.69, 9.17) is 4.42 Å². The van der Waals surface area contributed by atoms with Crippen LogP contribution < -0.4 is 0 Å². The summed E-state index contributed by atoms with van der Waals surface area (Å²) in [4.78, 5) is 32.3. The first-order valence-electron chi connectivity index (χ1n) is 8.09. The van der Waals surface area contributed by atoms with Gasteiger partial charge in [-0.1, -0.05) is 13.3 Å². The molecule has 1 fully saturated rings. The minimum Gasteiger partial charge on any atom is -0.443 e. The van der Waals surface area contributed by atoms with Crippen LogP contribution in [0.25, 0.3) is 11.1 Å². The largest absolute Gasteiger partial charge is 0.443 e. The molecule has 0 atom stereocenters. The number of piperazine rings is 1. The third-order valence-corrected chi connectivity index (χ3v) is 4.24. The topological polar surface area (TPSA) is 66.7 Å². The zero-order chi connectivity index (χ0) is 16.2. The van der Waals surface area contributed by atoms with Gasteiger partial charge in [0.2, 0.25) is 5.91 Å². The normalized spacial score (nSPS) is 15.2. The van der Waals surface area contributed by atoms with Gasteiger partial charge in [0, 0.05) is 38.2 Å². The van der Waals surface area contributed by atoms with Gasteiger partial charge in [0.1, 0.15) is 5.52 Å². The highest BCUT2D eigenvalue weighted by Gasteiger charge is 2.24. The molecule has 1 aromatic carbocycles. The number of carbonyl (C=O) groups is 2. The van der Waals surface area contributed by atoms with Crippen molar-refractivity contribution < 1.29 is 14.0 Å². The van der Waals surface area contributed by atoms with E-state index >= 15 is 0 Å². The first kappa shape index (κ1) is 15.5. The summed E-state index contributed by atoms with van der Waals surface area (Å²) in [7, 11) is 0. The van der Waals surface area contributed by atoms with Crippen LogP contribution in [0.15, 0.2) is 29.0 Å². The second kappa shape index (κ2) is 6.81. The summed E-state index contributed by atoms with van der Waals surface area (Å²) in [5.74, 6) is 0.179. The van der Waals surface area contributed by atoms with E-state index in [-0.39, 0.29) is 11.8 Å². The van der Waals surface area contributed by atoms with Crippen molar-refractivity contribution in [2.24, 2.45) is 0 Å². The van der Waals surface area contributed by atoms with Gasteiger partial charge in [-0.25, -0.2) is 4.98 Å². The van der Waals surface area contributed by atoms with E-state index in [1.54, 1.807) is 23.1 Å². The molecule has 0 bridgehead atoms. The van der Waals surface area contributed by atoms with Crippen molar-refractivity contribution in [3.63, 3.8) is 0 Å². The molecule has 23 heavy (non-hydrogen) atoms. The second-order valence-electron chi connectivity index (χ2n) is 5.81. The summed E-state index contributed by atoms with van der Waals surface area (Å²) in [5, 5.41) is 0. The van der Waals surface area contributed by atoms with Gasteiger partial charge in [-0.05, 0) is 24.6 Å². The van der Waals surface area contributed by atoms with E-state index in [0.717, 1.165) is 12.8 Å². The van der Waals surface area contributed by atoms with E-state index < -0.39 is 0 Å². The predicted octanol–water partition coefficient (Wildman–Crippen LogP) is 2.30. The Morgan fingerprint density at radius 3 is 2.65 bits per heavy atom. The second-order valence-corrected chi connectivity index (χ2v) is 5.81. The van der Waals surface area contributed by atoms with Gasteiger partial charge in [-0.15, -0.1) is 0 Å². The van der Waals surface area contributed by atoms with E-state index in [2.05, 4.69) is 11.9 Å². The molecule has 0 aliphatic carbocycles. The number of aromatic nitrogens is 1. The molecule has 3 rings (SSSR count). The van der Waals surface area contributed by atoms with Gasteiger partial charge in [0.15, 0.2) is 12.0 Å². The number of carbonyl (C=O) groups excluding carboxylic acids is 2. The average Bonchev–Trinajstić information content (AvgIpc) is 3.06. The molecule has 122 valence electrons. The quantitative estimate of drug-likeness (QED) is 0.868. The Kier molecular flexibility index (Phi) is 4.60. The van der Waals surface area contributed by atoms with E-state index in [0.29, 0.717) is 49.3 Å². The first-order chi connectivity index (χ1) is 11.2. The maximum atomic E-state index is 12.6. The summed E-state index contributed by atoms with van der Waals surface area (Å²) in [6, 6.07) is 5.27. The van der Waals surface area contributed by atoms with Crippen LogP contribution in [0.4, 0.5) is 0 Å². The van der Waals surface area contributed by atoms with Crippen molar-refractivity contribution in [2.45, 2.75) is 26.2 Å². The minimum atomic E-state index is -0.0180. The van der Waals surface area contributed by atoms with Crippen molar-refractivity contribution in [3.05, 3.63) is 30.2 Å². The summed E-state index contributed by atoms with van der Waals surface area (Å²) >= 11 is 0. The Labute approximate surface area is 135 Å². The van der Waals surface area contributed by atoms with Crippen molar-refractivity contribution in [2.75, 3.05) is 26.2 Å². The maximum absolute atomic E-state index is 12.6. The van der Waals surface area contributed by atoms with Crippen LogP contribution in [0, 0.1) is 0 Å². The van der Waals surface area contributed by atoms with Crippen LogP contribution in [0.1, 0.15) is 36.5 Å². The lowest BCUT2D eigenvalue weighted by atomic mass is 10.1. The van der Waals surface area contributed by atoms with Crippen molar-refractivity contribution in [1.29, 1.82) is 0 Å². The lowest BCUT2D eigenvalue weighted by Gasteiger charge is -2.35. The molecule has 0 spiro atoms. The average molecular weight is 315 g/mol. The van der Waals surface area contributed by atoms with Gasteiger partial charge < -0.3 is 14.2 Å². The van der Waals surface area contributed by atoms with Gasteiger partial charge in [-0.3, -0.25) is 9.59 Å². The number of oxazole rings is 1. The number of benzene rings is 1. The highest BCUT2D eigenvalue weighted by Crippen LogP contribution is 2.16. The molecule has 1 aliphatic heterocycles. The molecule has 1 aromatic heterocycles. The number of amides is 2. The highest BCUT2D eigenvalue weighted by atomic mass is 16.3. The van der Waals surface area contributed by atoms with Gasteiger partial charge in [0.25, 0.3) is 5.91 Å². The molecule has 0 N–H and O–H groups in total. The molecule has 0 unspecified atom stereocenters. The summed E-state index contributed by atoms with van der Waals surface area (Å²) in [6.07, 6.45) is 3.93. The Bertz CT molecular complexity index is 702. The van der Waals surface area contributed by atoms with Crippen LogP contribution in [0.3, 0.4) is 0 Å². The third kappa shape index (κ3) is 3.36. The molecule has 2 heterocycles. The highest BCUT2D eigenvalue weighted by molar-refractivity contribution is 5.97. The minimum absolute atomic E-state index is 0.0180. The molecule has 1 saturated heterocycles. The molecule has 6 heteroatoms. The fraction of sp³-hybridized carbons (Fsp3) is 0.471. The standard InChI is InChI=1S/C17H21N3O3/c1-2-3-4-16(21)19-7-9-20(10-8-19)17(22)13-5-6-15-14(11-13)18-12-23-15/h5-6,11-12H,2-4,7-10H2,1H3. The van der Waals surface area contributed by atoms with E-state index in [9.17, 15) is 9.59 Å². The summed E-state index contributed by atoms with van der Waals surface area (Å²) in [5.41, 5.74) is 1.97. The fourth-order valence-corrected chi connectivity index (χ4v) is 2.82. The monoisotopic (exact) mass is 315 g/mol. The lowest BCUT2D eigenvalue weighted by Crippen LogP contribution is -2.50. The number of nitrogens with zero attached hydrogens (tertiary/aromatic N) is 3. The first-order valence-corrected chi connectivity index (χ1v) is 8.09. The fourth-order valence-electron chi connectivity index (χ4n) is 2.82. The van der Waals surface area contributed by atoms with Gasteiger partial charge >= 0.3 is 0 Å². The molecule has 2 aromatic rings. The number of fused-ring (bicyclic) bond motifs is 1. The van der Waals surface area contributed by atoms with Crippen LogP contribution in [0.2, 0.25) is 0 Å². The van der Waals surface area contributed by atoms with Crippen molar-refractivity contribution in [3.8, 4) is 0 Å². The molecular formula is C17H21N3O3. The Morgan fingerprint density at radius 2 is 1.91 bits per heavy atom. The number of rotatable bonds is 4. The van der Waals surface area contributed by atoms with E-state index in [1.165, 1.54) is 6.39 Å². The predicted molar refractivity (Wildman–Crippen MR) is 86.0 cm³/mol. The number of unbranched alkanes of at least 4 members (excludes halogenated alkanes) is 1. The van der Waals surface area contributed by atoms with Gasteiger partial charge in [-0.2, -0.15) is 0 Å². The third-order valence-electron chi connectivity index (χ3n) is 4.24. The SMILES string of the molecule is CCCCC(=O)N1CCN(C(=O)c2ccc3ocnc3c2)CC1. The zero-order valence-corrected chi connectivity index (χ0v) is 13.3. The summed E-state index contributed by atoms with van der Waals surface area (Å²) < 4.78 is 5.19. The van der Waals surface area contributed by atoms with Gasteiger partial charge in [0.05, 0.1) is 0 Å². The molecule has 0 radical (unpaired) electrons. The molecule has 2 amide bonds. The summed E-state index contributed by atoms with van der Waals surface area (Å²) in [6.45, 7) is 4.46. The molecule has 6 nitrogen and oxygen atoms in total. The van der Waals surface area contributed by atoms with Crippen LogP contribution in [-0.4, -0.2) is 52.8 Å². The number of hydrogen-bond acceptors (Lipinski definition) is 4. The van der Waals surface area contributed by atoms with Crippen molar-refractivity contribution in [1.82, 2.24) is 14.8 Å². The van der Waals surface area contributed by atoms with Crippen LogP contribution in [-0.2, 0) is 4.79 Å². The number of hydrogen-bond donors (Lipinski definition) is 0. The maximum Gasteiger partial charge on any atom is 0.254 e. The van der Waals surface area contributed by atoms with Crippen molar-refractivity contribution >= 4 is 22.9 Å². The molecular weight excluding hydrogens is 294 g/mol. The smallest absolute Gasteiger partial charge is 0.254 e. The molecule has 0 saturated carbocycles. The van der Waals surface area contributed by atoms with Crippen LogP contribution >= 0.6 is 0 Å². The van der Waals surface area contributed by atoms with Crippen LogP contribution in [0.5, 0.6) is 0 Å². The Hall–Kier alpha value is -2.37. The zero-order valence-electron chi connectivity index (χ0n) is 13.3. The Balaban J connectivity index is 1.60. The molecule has 1 aliphatic rings. The lowest BCUT2D eigenvalue weighted by molar-refractivity contribution is -0.132. The Morgan fingerprint density at radius 1 is 1.17 bits per heavy atom.